The van der Waals surface area contributed by atoms with Crippen LogP contribution in [0.1, 0.15) is 34.8 Å². The summed E-state index contributed by atoms with van der Waals surface area (Å²) in [6.45, 7) is 0. The van der Waals surface area contributed by atoms with Crippen LogP contribution in [0.25, 0.3) is 0 Å². The number of H-pyrrole nitrogens is 1. The fraction of sp³-hybridized carbons (Fsp3) is 0.158. The molecule has 1 fully saturated rings. The first-order chi connectivity index (χ1) is 12.2. The van der Waals surface area contributed by atoms with Crippen LogP contribution in [0, 0.1) is 0 Å². The van der Waals surface area contributed by atoms with E-state index in [-0.39, 0.29) is 11.7 Å². The Bertz CT molecular complexity index is 898. The monoisotopic (exact) mass is 335 g/mol. The first-order valence-corrected chi connectivity index (χ1v) is 8.11. The highest BCUT2D eigenvalue weighted by Crippen LogP contribution is 2.39. The molecule has 2 aromatic carbocycles. The number of nitrogens with zero attached hydrogens (tertiary/aromatic N) is 1. The number of rotatable bonds is 5. The minimum absolute atomic E-state index is 0.138. The van der Waals surface area contributed by atoms with Gasteiger partial charge >= 0.3 is 0 Å². The zero-order valence-electron chi connectivity index (χ0n) is 13.4. The van der Waals surface area contributed by atoms with Gasteiger partial charge in [0, 0.05) is 23.6 Å². The Balaban J connectivity index is 1.41. The number of carbonyl (C=O) groups excluding carboxylic acids is 1. The molecule has 3 N–H and O–H groups in total. The lowest BCUT2D eigenvalue weighted by Gasteiger charge is -2.07. The summed E-state index contributed by atoms with van der Waals surface area (Å²) in [6.07, 6.45) is 2.33. The third kappa shape index (κ3) is 3.63. The molecule has 3 aromatic rings. The average molecular weight is 335 g/mol. The lowest BCUT2D eigenvalue weighted by atomic mass is 10.2. The van der Waals surface area contributed by atoms with E-state index in [4.69, 9.17) is 4.74 Å². The van der Waals surface area contributed by atoms with Crippen molar-refractivity contribution in [3.05, 3.63) is 65.9 Å². The molecule has 1 saturated carbocycles. The Labute approximate surface area is 144 Å². The van der Waals surface area contributed by atoms with Crippen LogP contribution in [-0.4, -0.2) is 21.2 Å². The Kier molecular flexibility index (Phi) is 3.85. The topological polar surface area (TPSA) is 87.2 Å². The fourth-order valence-electron chi connectivity index (χ4n) is 2.54. The summed E-state index contributed by atoms with van der Waals surface area (Å²) < 4.78 is 5.64. The van der Waals surface area contributed by atoms with Crippen molar-refractivity contribution in [3.63, 3.8) is 0 Å². The largest absolute Gasteiger partial charge is 0.508 e. The van der Waals surface area contributed by atoms with Crippen LogP contribution in [-0.2, 0) is 0 Å². The number of carbonyl (C=O) groups is 1. The summed E-state index contributed by atoms with van der Waals surface area (Å²) >= 11 is 0. The molecule has 1 heterocycles. The molecule has 0 aliphatic heterocycles. The third-order valence-corrected chi connectivity index (χ3v) is 4.01. The Morgan fingerprint density at radius 2 is 1.92 bits per heavy atom. The lowest BCUT2D eigenvalue weighted by Crippen LogP contribution is -2.11. The molecule has 25 heavy (non-hydrogen) atoms. The van der Waals surface area contributed by atoms with Crippen molar-refractivity contribution < 1.29 is 14.6 Å². The van der Waals surface area contributed by atoms with Crippen LogP contribution in [0.5, 0.6) is 17.2 Å². The number of aromatic nitrogens is 2. The van der Waals surface area contributed by atoms with Gasteiger partial charge in [-0.3, -0.25) is 9.89 Å². The van der Waals surface area contributed by atoms with Gasteiger partial charge in [-0.1, -0.05) is 6.07 Å². The highest BCUT2D eigenvalue weighted by molar-refractivity contribution is 6.03. The second-order valence-electron chi connectivity index (χ2n) is 6.06. The van der Waals surface area contributed by atoms with Crippen molar-refractivity contribution in [2.45, 2.75) is 18.8 Å². The van der Waals surface area contributed by atoms with Crippen LogP contribution in [0.4, 0.5) is 5.82 Å². The van der Waals surface area contributed by atoms with Gasteiger partial charge in [-0.15, -0.1) is 0 Å². The number of phenols is 1. The number of hydrogen-bond acceptors (Lipinski definition) is 4. The maximum absolute atomic E-state index is 12.3. The average Bonchev–Trinajstić information content (AvgIpc) is 3.35. The van der Waals surface area contributed by atoms with E-state index in [0.717, 1.165) is 5.69 Å². The van der Waals surface area contributed by atoms with E-state index < -0.39 is 0 Å². The van der Waals surface area contributed by atoms with Crippen molar-refractivity contribution in [1.82, 2.24) is 10.2 Å². The van der Waals surface area contributed by atoms with E-state index in [9.17, 15) is 9.90 Å². The fourth-order valence-corrected chi connectivity index (χ4v) is 2.54. The molecule has 0 radical (unpaired) electrons. The van der Waals surface area contributed by atoms with Gasteiger partial charge in [0.15, 0.2) is 0 Å². The van der Waals surface area contributed by atoms with E-state index in [1.54, 1.807) is 42.5 Å². The van der Waals surface area contributed by atoms with Crippen LogP contribution >= 0.6 is 0 Å². The maximum atomic E-state index is 12.3. The zero-order valence-corrected chi connectivity index (χ0v) is 13.4. The molecule has 6 heteroatoms. The van der Waals surface area contributed by atoms with Crippen molar-refractivity contribution in [1.29, 1.82) is 0 Å². The summed E-state index contributed by atoms with van der Waals surface area (Å²) in [5, 5.41) is 19.3. The van der Waals surface area contributed by atoms with Crippen LogP contribution in [0.2, 0.25) is 0 Å². The number of nitrogens with one attached hydrogen (secondary N) is 2. The molecule has 1 aliphatic rings. The zero-order chi connectivity index (χ0) is 17.2. The SMILES string of the molecule is O=C(Nc1cc(C2CC2)n[nH]1)c1ccc(Oc2cccc(O)c2)cc1. The number of phenolic OH excluding ortho intramolecular Hbond substituents is 1. The summed E-state index contributed by atoms with van der Waals surface area (Å²) in [5.41, 5.74) is 1.52. The molecule has 126 valence electrons. The van der Waals surface area contributed by atoms with Gasteiger partial charge in [-0.25, -0.2) is 0 Å². The van der Waals surface area contributed by atoms with Crippen molar-refractivity contribution in [2.75, 3.05) is 5.32 Å². The van der Waals surface area contributed by atoms with E-state index in [1.807, 2.05) is 6.07 Å². The maximum Gasteiger partial charge on any atom is 0.256 e. The summed E-state index contributed by atoms with van der Waals surface area (Å²) in [4.78, 5) is 12.3. The standard InChI is InChI=1S/C19H17N3O3/c23-14-2-1-3-16(10-14)25-15-8-6-13(7-9-15)19(24)20-18-11-17(21-22-18)12-4-5-12/h1-3,6-12,23H,4-5H2,(H2,20,21,22,24). The number of aromatic amines is 1. The quantitative estimate of drug-likeness (QED) is 0.657. The Morgan fingerprint density at radius 1 is 1.12 bits per heavy atom. The predicted octanol–water partition coefficient (Wildman–Crippen LogP) is 4.04. The first kappa shape index (κ1) is 15.3. The Morgan fingerprint density at radius 3 is 2.64 bits per heavy atom. The molecule has 0 saturated heterocycles. The molecule has 6 nitrogen and oxygen atoms in total. The lowest BCUT2D eigenvalue weighted by molar-refractivity contribution is 0.102. The molecule has 0 spiro atoms. The summed E-state index contributed by atoms with van der Waals surface area (Å²) in [6, 6.07) is 15.2. The number of hydrogen-bond donors (Lipinski definition) is 3. The number of anilines is 1. The highest BCUT2D eigenvalue weighted by Gasteiger charge is 2.26. The highest BCUT2D eigenvalue weighted by atomic mass is 16.5. The summed E-state index contributed by atoms with van der Waals surface area (Å²) in [5.74, 6) is 2.18. The van der Waals surface area contributed by atoms with Gasteiger partial charge in [0.1, 0.15) is 23.1 Å². The Hall–Kier alpha value is -3.28. The number of ether oxygens (including phenoxy) is 1. The van der Waals surface area contributed by atoms with Crippen LogP contribution in [0.15, 0.2) is 54.6 Å². The second kappa shape index (κ2) is 6.32. The molecular formula is C19H17N3O3. The molecule has 0 unspecified atom stereocenters. The van der Waals surface area contributed by atoms with E-state index in [1.165, 1.54) is 18.9 Å². The molecule has 4 rings (SSSR count). The first-order valence-electron chi connectivity index (χ1n) is 8.11. The van der Waals surface area contributed by atoms with Crippen molar-refractivity contribution in [3.8, 4) is 17.2 Å². The van der Waals surface area contributed by atoms with E-state index in [0.29, 0.717) is 28.8 Å². The molecule has 1 aromatic heterocycles. The molecule has 0 atom stereocenters. The van der Waals surface area contributed by atoms with E-state index >= 15 is 0 Å². The van der Waals surface area contributed by atoms with Gasteiger partial charge in [0.05, 0.1) is 5.69 Å². The van der Waals surface area contributed by atoms with Gasteiger partial charge in [-0.05, 0) is 49.2 Å². The van der Waals surface area contributed by atoms with Gasteiger partial charge < -0.3 is 15.2 Å². The number of benzene rings is 2. The van der Waals surface area contributed by atoms with Crippen molar-refractivity contribution >= 4 is 11.7 Å². The minimum atomic E-state index is -0.213. The molecule has 1 aliphatic carbocycles. The van der Waals surface area contributed by atoms with Gasteiger partial charge in [0.2, 0.25) is 0 Å². The van der Waals surface area contributed by atoms with Gasteiger partial charge in [-0.2, -0.15) is 5.10 Å². The van der Waals surface area contributed by atoms with E-state index in [2.05, 4.69) is 15.5 Å². The minimum Gasteiger partial charge on any atom is -0.508 e. The van der Waals surface area contributed by atoms with Crippen molar-refractivity contribution in [2.24, 2.45) is 0 Å². The normalized spacial score (nSPS) is 13.4. The molecular weight excluding hydrogens is 318 g/mol. The number of amides is 1. The van der Waals surface area contributed by atoms with Gasteiger partial charge in [0.25, 0.3) is 5.91 Å². The molecule has 0 bridgehead atoms. The second-order valence-corrected chi connectivity index (χ2v) is 6.06. The molecule has 1 amide bonds. The third-order valence-electron chi connectivity index (χ3n) is 4.01. The van der Waals surface area contributed by atoms with Crippen LogP contribution in [0.3, 0.4) is 0 Å². The summed E-state index contributed by atoms with van der Waals surface area (Å²) in [7, 11) is 0. The number of aromatic hydroxyl groups is 1. The smallest absolute Gasteiger partial charge is 0.256 e. The predicted molar refractivity (Wildman–Crippen MR) is 93.1 cm³/mol. The van der Waals surface area contributed by atoms with Crippen LogP contribution < -0.4 is 10.1 Å².